The Kier molecular flexibility index (Phi) is 3.00. The van der Waals surface area contributed by atoms with Crippen LogP contribution in [0.25, 0.3) is 0 Å². The summed E-state index contributed by atoms with van der Waals surface area (Å²) in [5, 5.41) is 4.47. The first kappa shape index (κ1) is 9.89. The fourth-order valence-electron chi connectivity index (χ4n) is 1.86. The van der Waals surface area contributed by atoms with Gasteiger partial charge in [-0.2, -0.15) is 0 Å². The third-order valence-corrected chi connectivity index (χ3v) is 2.77. The topological polar surface area (TPSA) is 50.8 Å². The minimum atomic E-state index is -0.169. The Hall–Kier alpha value is -0.650. The molecule has 1 atom stereocenters. The van der Waals surface area contributed by atoms with E-state index in [1.165, 1.54) is 5.06 Å². The van der Waals surface area contributed by atoms with E-state index in [0.29, 0.717) is 6.61 Å². The largest absolute Gasteiger partial charge is 0.381 e. The highest BCUT2D eigenvalue weighted by molar-refractivity contribution is 5.82. The van der Waals surface area contributed by atoms with Gasteiger partial charge in [-0.05, 0) is 19.9 Å². The van der Waals surface area contributed by atoms with Crippen molar-refractivity contribution in [3.63, 3.8) is 0 Å². The van der Waals surface area contributed by atoms with Crippen LogP contribution < -0.4 is 5.32 Å². The maximum Gasteiger partial charge on any atom is 0.265 e. The molecule has 0 bridgehead atoms. The first-order valence-electron chi connectivity index (χ1n) is 5.04. The van der Waals surface area contributed by atoms with Gasteiger partial charge >= 0.3 is 0 Å². The molecular weight excluding hydrogens is 184 g/mol. The van der Waals surface area contributed by atoms with E-state index in [9.17, 15) is 4.79 Å². The highest BCUT2D eigenvalue weighted by Gasteiger charge is 2.37. The van der Waals surface area contributed by atoms with Gasteiger partial charge in [0, 0.05) is 13.2 Å². The summed E-state index contributed by atoms with van der Waals surface area (Å²) in [7, 11) is 1.78. The SMILES string of the molecule is CN[C@@H]1CON(C2CCOCC2)C1=O. The molecule has 2 aliphatic rings. The second kappa shape index (κ2) is 4.25. The Morgan fingerprint density at radius 3 is 2.71 bits per heavy atom. The van der Waals surface area contributed by atoms with Gasteiger partial charge in [0.2, 0.25) is 0 Å². The van der Waals surface area contributed by atoms with Crippen molar-refractivity contribution >= 4 is 5.91 Å². The highest BCUT2D eigenvalue weighted by Crippen LogP contribution is 2.19. The van der Waals surface area contributed by atoms with Crippen molar-refractivity contribution in [2.45, 2.75) is 24.9 Å². The summed E-state index contributed by atoms with van der Waals surface area (Å²) >= 11 is 0. The maximum absolute atomic E-state index is 11.7. The van der Waals surface area contributed by atoms with Gasteiger partial charge in [-0.25, -0.2) is 5.06 Å². The van der Waals surface area contributed by atoms with Crippen molar-refractivity contribution in [2.24, 2.45) is 0 Å². The van der Waals surface area contributed by atoms with Crippen LogP contribution in [0.4, 0.5) is 0 Å². The lowest BCUT2D eigenvalue weighted by Crippen LogP contribution is -2.43. The zero-order valence-corrected chi connectivity index (χ0v) is 8.36. The zero-order valence-electron chi connectivity index (χ0n) is 8.36. The molecule has 0 aromatic rings. The molecule has 2 saturated heterocycles. The summed E-state index contributed by atoms with van der Waals surface area (Å²) in [5.41, 5.74) is 0. The molecule has 5 heteroatoms. The average molecular weight is 200 g/mol. The number of hydrogen-bond donors (Lipinski definition) is 1. The molecule has 0 spiro atoms. The molecule has 2 aliphatic heterocycles. The zero-order chi connectivity index (χ0) is 9.97. The van der Waals surface area contributed by atoms with Gasteiger partial charge in [0.1, 0.15) is 6.04 Å². The third kappa shape index (κ3) is 1.75. The van der Waals surface area contributed by atoms with Gasteiger partial charge < -0.3 is 10.1 Å². The van der Waals surface area contributed by atoms with Crippen LogP contribution in [-0.4, -0.2) is 49.9 Å². The van der Waals surface area contributed by atoms with Crippen LogP contribution in [0.15, 0.2) is 0 Å². The van der Waals surface area contributed by atoms with Crippen LogP contribution >= 0.6 is 0 Å². The number of likely N-dealkylation sites (N-methyl/N-ethyl adjacent to an activating group) is 1. The molecule has 2 heterocycles. The standard InChI is InChI=1S/C9H16N2O3/c1-10-8-6-14-11(9(8)12)7-2-4-13-5-3-7/h7-8,10H,2-6H2,1H3/t8-/m1/s1. The lowest BCUT2D eigenvalue weighted by molar-refractivity contribution is -0.181. The molecule has 1 N–H and O–H groups in total. The Morgan fingerprint density at radius 2 is 2.14 bits per heavy atom. The minimum absolute atomic E-state index is 0.0550. The molecule has 80 valence electrons. The molecule has 0 unspecified atom stereocenters. The normalized spacial score (nSPS) is 29.9. The van der Waals surface area contributed by atoms with Gasteiger partial charge in [0.25, 0.3) is 5.91 Å². The molecule has 0 saturated carbocycles. The first-order chi connectivity index (χ1) is 6.83. The van der Waals surface area contributed by atoms with Crippen molar-refractivity contribution in [3.8, 4) is 0 Å². The summed E-state index contributed by atoms with van der Waals surface area (Å²) < 4.78 is 5.24. The number of nitrogens with one attached hydrogen (secondary N) is 1. The van der Waals surface area contributed by atoms with E-state index in [0.717, 1.165) is 26.1 Å². The number of hydrogen-bond acceptors (Lipinski definition) is 4. The lowest BCUT2D eigenvalue weighted by Gasteiger charge is -2.29. The van der Waals surface area contributed by atoms with E-state index in [2.05, 4.69) is 5.32 Å². The molecule has 0 aliphatic carbocycles. The maximum atomic E-state index is 11.7. The molecule has 0 aromatic carbocycles. The summed E-state index contributed by atoms with van der Waals surface area (Å²) in [4.78, 5) is 17.1. The number of carbonyl (C=O) groups excluding carboxylic acids is 1. The van der Waals surface area contributed by atoms with Crippen LogP contribution in [0.5, 0.6) is 0 Å². The van der Waals surface area contributed by atoms with Gasteiger partial charge in [0.05, 0.1) is 12.6 Å². The van der Waals surface area contributed by atoms with Crippen molar-refractivity contribution in [2.75, 3.05) is 26.9 Å². The number of ether oxygens (including phenoxy) is 1. The number of amides is 1. The second-order valence-corrected chi connectivity index (χ2v) is 3.64. The number of nitrogens with zero attached hydrogens (tertiary/aromatic N) is 1. The average Bonchev–Trinajstić information content (AvgIpc) is 2.61. The summed E-state index contributed by atoms with van der Waals surface area (Å²) in [6, 6.07) is 0.0347. The van der Waals surface area contributed by atoms with Crippen LogP contribution in [-0.2, 0) is 14.4 Å². The van der Waals surface area contributed by atoms with Crippen molar-refractivity contribution < 1.29 is 14.4 Å². The number of rotatable bonds is 2. The van der Waals surface area contributed by atoms with E-state index in [1.807, 2.05) is 0 Å². The van der Waals surface area contributed by atoms with E-state index < -0.39 is 0 Å². The third-order valence-electron chi connectivity index (χ3n) is 2.77. The van der Waals surface area contributed by atoms with Crippen molar-refractivity contribution in [1.82, 2.24) is 10.4 Å². The van der Waals surface area contributed by atoms with Gasteiger partial charge in [-0.1, -0.05) is 0 Å². The van der Waals surface area contributed by atoms with E-state index in [4.69, 9.17) is 9.57 Å². The Labute approximate surface area is 83.3 Å². The van der Waals surface area contributed by atoms with Crippen LogP contribution in [0, 0.1) is 0 Å². The van der Waals surface area contributed by atoms with Crippen LogP contribution in [0.3, 0.4) is 0 Å². The van der Waals surface area contributed by atoms with E-state index >= 15 is 0 Å². The van der Waals surface area contributed by atoms with Gasteiger partial charge in [0.15, 0.2) is 0 Å². The molecule has 1 amide bonds. The van der Waals surface area contributed by atoms with Gasteiger partial charge in [-0.3, -0.25) is 9.63 Å². The Morgan fingerprint density at radius 1 is 1.43 bits per heavy atom. The van der Waals surface area contributed by atoms with Crippen LogP contribution in [0.1, 0.15) is 12.8 Å². The predicted octanol–water partition coefficient (Wildman–Crippen LogP) is -0.473. The summed E-state index contributed by atoms with van der Waals surface area (Å²) in [6.07, 6.45) is 1.75. The van der Waals surface area contributed by atoms with Gasteiger partial charge in [-0.15, -0.1) is 0 Å². The first-order valence-corrected chi connectivity index (χ1v) is 5.04. The molecule has 2 rings (SSSR count). The van der Waals surface area contributed by atoms with Crippen LogP contribution in [0.2, 0.25) is 0 Å². The Bertz CT molecular complexity index is 216. The smallest absolute Gasteiger partial charge is 0.265 e. The monoisotopic (exact) mass is 200 g/mol. The van der Waals surface area contributed by atoms with Crippen molar-refractivity contribution in [1.29, 1.82) is 0 Å². The fraction of sp³-hybridized carbons (Fsp3) is 0.889. The quantitative estimate of drug-likeness (QED) is 0.654. The van der Waals surface area contributed by atoms with E-state index in [-0.39, 0.29) is 18.0 Å². The highest BCUT2D eigenvalue weighted by atomic mass is 16.7. The molecule has 5 nitrogen and oxygen atoms in total. The van der Waals surface area contributed by atoms with E-state index in [1.54, 1.807) is 7.05 Å². The summed E-state index contributed by atoms with van der Waals surface area (Å²) in [6.45, 7) is 1.90. The minimum Gasteiger partial charge on any atom is -0.381 e. The predicted molar refractivity (Wildman–Crippen MR) is 49.5 cm³/mol. The fourth-order valence-corrected chi connectivity index (χ4v) is 1.86. The second-order valence-electron chi connectivity index (χ2n) is 3.64. The molecule has 14 heavy (non-hydrogen) atoms. The summed E-state index contributed by atoms with van der Waals surface area (Å²) in [5.74, 6) is 0.0550. The molecule has 0 aromatic heterocycles. The van der Waals surface area contributed by atoms with Crippen molar-refractivity contribution in [3.05, 3.63) is 0 Å². The Balaban J connectivity index is 1.94. The number of carbonyl (C=O) groups is 1. The molecular formula is C9H16N2O3. The lowest BCUT2D eigenvalue weighted by atomic mass is 10.1. The molecule has 2 fully saturated rings. The molecule has 0 radical (unpaired) electrons. The number of hydroxylamine groups is 2.